The molecular formula is C24H15ClF2N4O2. The van der Waals surface area contributed by atoms with Crippen LogP contribution in [0.2, 0.25) is 5.02 Å². The van der Waals surface area contributed by atoms with Gasteiger partial charge in [-0.2, -0.15) is 0 Å². The molecule has 0 aliphatic carbocycles. The van der Waals surface area contributed by atoms with Crippen LogP contribution in [0, 0.1) is 18.6 Å². The molecule has 2 aromatic heterocycles. The van der Waals surface area contributed by atoms with Crippen molar-refractivity contribution in [1.29, 1.82) is 0 Å². The molecule has 0 aliphatic rings. The van der Waals surface area contributed by atoms with Crippen molar-refractivity contribution in [2.24, 2.45) is 0 Å². The number of aromatic hydroxyl groups is 1. The van der Waals surface area contributed by atoms with Gasteiger partial charge in [0.25, 0.3) is 0 Å². The maximum absolute atomic E-state index is 13.7. The molecule has 0 radical (unpaired) electrons. The van der Waals surface area contributed by atoms with E-state index < -0.39 is 17.4 Å². The van der Waals surface area contributed by atoms with Crippen molar-refractivity contribution in [3.8, 4) is 34.3 Å². The summed E-state index contributed by atoms with van der Waals surface area (Å²) < 4.78 is 34.6. The number of hydrogen-bond acceptors (Lipinski definition) is 5. The third-order valence-corrected chi connectivity index (χ3v) is 5.49. The van der Waals surface area contributed by atoms with E-state index in [0.717, 1.165) is 23.1 Å². The van der Waals surface area contributed by atoms with Gasteiger partial charge in [0.2, 0.25) is 0 Å². The Morgan fingerprint density at radius 2 is 1.76 bits per heavy atom. The molecule has 0 spiro atoms. The van der Waals surface area contributed by atoms with Gasteiger partial charge in [-0.1, -0.05) is 28.9 Å². The van der Waals surface area contributed by atoms with Gasteiger partial charge in [0, 0.05) is 22.5 Å². The number of hydrogen-bond donors (Lipinski definition) is 1. The fourth-order valence-electron chi connectivity index (χ4n) is 3.31. The second kappa shape index (κ2) is 8.14. The summed E-state index contributed by atoms with van der Waals surface area (Å²) in [6.45, 7) is 1.92. The van der Waals surface area contributed by atoms with Crippen LogP contribution in [0.5, 0.6) is 17.2 Å². The minimum Gasteiger partial charge on any atom is -0.503 e. The van der Waals surface area contributed by atoms with Gasteiger partial charge in [-0.15, -0.1) is 5.10 Å². The number of fused-ring (bicyclic) bond motifs is 1. The Morgan fingerprint density at radius 1 is 0.970 bits per heavy atom. The van der Waals surface area contributed by atoms with Crippen molar-refractivity contribution in [3.63, 3.8) is 0 Å². The van der Waals surface area contributed by atoms with Crippen LogP contribution in [0.4, 0.5) is 8.78 Å². The Morgan fingerprint density at radius 3 is 2.52 bits per heavy atom. The molecule has 33 heavy (non-hydrogen) atoms. The van der Waals surface area contributed by atoms with E-state index in [4.69, 9.17) is 16.3 Å². The molecule has 3 aromatic carbocycles. The summed E-state index contributed by atoms with van der Waals surface area (Å²) in [5.74, 6) is -1.99. The Labute approximate surface area is 191 Å². The van der Waals surface area contributed by atoms with E-state index in [9.17, 15) is 13.9 Å². The van der Waals surface area contributed by atoms with Crippen molar-refractivity contribution in [2.45, 2.75) is 6.92 Å². The zero-order valence-corrected chi connectivity index (χ0v) is 17.9. The highest BCUT2D eigenvalue weighted by Gasteiger charge is 2.14. The molecule has 0 saturated heterocycles. The van der Waals surface area contributed by atoms with Gasteiger partial charge in [-0.25, -0.2) is 18.4 Å². The molecule has 164 valence electrons. The average Bonchev–Trinajstić information content (AvgIpc) is 3.30. The first-order chi connectivity index (χ1) is 15.9. The molecule has 2 heterocycles. The lowest BCUT2D eigenvalue weighted by molar-refractivity contribution is 0.395. The van der Waals surface area contributed by atoms with Crippen LogP contribution >= 0.6 is 11.6 Å². The van der Waals surface area contributed by atoms with Gasteiger partial charge in [0.05, 0.1) is 23.1 Å². The molecule has 0 saturated carbocycles. The fraction of sp³-hybridized carbons (Fsp3) is 0.0417. The average molecular weight is 465 g/mol. The van der Waals surface area contributed by atoms with E-state index in [2.05, 4.69) is 15.3 Å². The molecule has 1 N–H and O–H groups in total. The van der Waals surface area contributed by atoms with Gasteiger partial charge in [-0.3, -0.25) is 0 Å². The topological polar surface area (TPSA) is 73.1 Å². The van der Waals surface area contributed by atoms with Crippen LogP contribution in [0.15, 0.2) is 66.9 Å². The minimum absolute atomic E-state index is 0.0785. The summed E-state index contributed by atoms with van der Waals surface area (Å²) in [7, 11) is 0. The maximum atomic E-state index is 13.7. The second-order valence-corrected chi connectivity index (χ2v) is 7.75. The first-order valence-corrected chi connectivity index (χ1v) is 10.2. The lowest BCUT2D eigenvalue weighted by Crippen LogP contribution is -1.97. The Kier molecular flexibility index (Phi) is 5.14. The van der Waals surface area contributed by atoms with E-state index >= 15 is 0 Å². The van der Waals surface area contributed by atoms with Crippen LogP contribution < -0.4 is 4.74 Å². The number of ether oxygens (including phenoxy) is 1. The fourth-order valence-corrected chi connectivity index (χ4v) is 3.48. The SMILES string of the molecule is Cc1ccc(Oc2cccc3nc(-c4cn(-c5cc(F)c(O)c(F)c5)nn4)ccc23)cc1Cl. The molecule has 0 aliphatic heterocycles. The Balaban J connectivity index is 1.48. The number of phenols is 1. The number of rotatable bonds is 4. The lowest BCUT2D eigenvalue weighted by atomic mass is 10.1. The predicted molar refractivity (Wildman–Crippen MR) is 120 cm³/mol. The lowest BCUT2D eigenvalue weighted by Gasteiger charge is -2.10. The number of phenolic OH excluding ortho intramolecular Hbond substituents is 1. The molecule has 0 atom stereocenters. The maximum Gasteiger partial charge on any atom is 0.187 e. The third kappa shape index (κ3) is 3.96. The largest absolute Gasteiger partial charge is 0.503 e. The molecule has 5 rings (SSSR count). The van der Waals surface area contributed by atoms with Gasteiger partial charge < -0.3 is 9.84 Å². The molecule has 0 amide bonds. The number of aromatic nitrogens is 4. The summed E-state index contributed by atoms with van der Waals surface area (Å²) in [4.78, 5) is 4.63. The van der Waals surface area contributed by atoms with Gasteiger partial charge in [0.15, 0.2) is 17.4 Å². The summed E-state index contributed by atoms with van der Waals surface area (Å²) in [5, 5.41) is 18.7. The molecule has 0 fully saturated rings. The molecule has 5 aromatic rings. The quantitative estimate of drug-likeness (QED) is 0.342. The van der Waals surface area contributed by atoms with Gasteiger partial charge in [0.1, 0.15) is 17.2 Å². The van der Waals surface area contributed by atoms with Crippen molar-refractivity contribution in [1.82, 2.24) is 20.0 Å². The number of nitrogens with zero attached hydrogens (tertiary/aromatic N) is 4. The normalized spacial score (nSPS) is 11.2. The first kappa shape index (κ1) is 20.8. The van der Waals surface area contributed by atoms with Crippen molar-refractivity contribution in [2.75, 3.05) is 0 Å². The zero-order valence-electron chi connectivity index (χ0n) is 17.1. The highest BCUT2D eigenvalue weighted by Crippen LogP contribution is 2.32. The van der Waals surface area contributed by atoms with Crippen LogP contribution in [0.25, 0.3) is 28.0 Å². The molecule has 6 nitrogen and oxygen atoms in total. The van der Waals surface area contributed by atoms with Gasteiger partial charge >= 0.3 is 0 Å². The van der Waals surface area contributed by atoms with Crippen molar-refractivity contribution in [3.05, 3.63) is 89.1 Å². The van der Waals surface area contributed by atoms with Crippen LogP contribution in [0.1, 0.15) is 5.56 Å². The van der Waals surface area contributed by atoms with Crippen molar-refractivity contribution < 1.29 is 18.6 Å². The zero-order chi connectivity index (χ0) is 23.1. The highest BCUT2D eigenvalue weighted by molar-refractivity contribution is 6.31. The number of pyridine rings is 1. The molecule has 0 bridgehead atoms. The monoisotopic (exact) mass is 464 g/mol. The first-order valence-electron chi connectivity index (χ1n) is 9.84. The molecule has 9 heteroatoms. The highest BCUT2D eigenvalue weighted by atomic mass is 35.5. The van der Waals surface area contributed by atoms with E-state index in [-0.39, 0.29) is 5.69 Å². The summed E-state index contributed by atoms with van der Waals surface area (Å²) in [5.41, 5.74) is 2.62. The van der Waals surface area contributed by atoms with Crippen LogP contribution in [-0.4, -0.2) is 25.1 Å². The number of halogens is 3. The summed E-state index contributed by atoms with van der Waals surface area (Å²) in [6.07, 6.45) is 1.49. The minimum atomic E-state index is -1.09. The standard InChI is InChI=1S/C24H15ClF2N4O2/c1-13-5-6-15(11-17(13)25)33-23-4-2-3-20-16(23)7-8-21(28-20)22-12-31(30-29-22)14-9-18(26)24(32)19(27)10-14/h2-12,32H,1H3. The smallest absolute Gasteiger partial charge is 0.187 e. The Bertz CT molecular complexity index is 1500. The third-order valence-electron chi connectivity index (χ3n) is 5.09. The molecule has 0 unspecified atom stereocenters. The number of benzene rings is 3. The van der Waals surface area contributed by atoms with Crippen LogP contribution in [-0.2, 0) is 0 Å². The number of aryl methyl sites for hydroxylation is 1. The summed E-state index contributed by atoms with van der Waals surface area (Å²) >= 11 is 6.20. The van der Waals surface area contributed by atoms with E-state index in [1.54, 1.807) is 12.1 Å². The van der Waals surface area contributed by atoms with Crippen LogP contribution in [0.3, 0.4) is 0 Å². The Hall–Kier alpha value is -4.04. The van der Waals surface area contributed by atoms with E-state index in [0.29, 0.717) is 33.4 Å². The van der Waals surface area contributed by atoms with E-state index in [1.165, 1.54) is 10.9 Å². The van der Waals surface area contributed by atoms with Gasteiger partial charge in [-0.05, 0) is 48.9 Å². The van der Waals surface area contributed by atoms with E-state index in [1.807, 2.05) is 43.3 Å². The summed E-state index contributed by atoms with van der Waals surface area (Å²) in [6, 6.07) is 16.5. The molecular weight excluding hydrogens is 450 g/mol. The van der Waals surface area contributed by atoms with Crippen molar-refractivity contribution >= 4 is 22.5 Å². The second-order valence-electron chi connectivity index (χ2n) is 7.34. The predicted octanol–water partition coefficient (Wildman–Crippen LogP) is 6.22.